The van der Waals surface area contributed by atoms with Gasteiger partial charge in [0.1, 0.15) is 0 Å². The van der Waals surface area contributed by atoms with E-state index in [4.69, 9.17) is 25.8 Å². The number of nitrogens with zero attached hydrogens (tertiary/aromatic N) is 1. The molecule has 2 aromatic rings. The lowest BCUT2D eigenvalue weighted by atomic mass is 10.1. The van der Waals surface area contributed by atoms with Crippen LogP contribution in [0.5, 0.6) is 17.2 Å². The highest BCUT2D eigenvalue weighted by Crippen LogP contribution is 2.42. The first-order chi connectivity index (χ1) is 13.9. The van der Waals surface area contributed by atoms with E-state index in [1.807, 2.05) is 19.1 Å². The highest BCUT2D eigenvalue weighted by molar-refractivity contribution is 6.34. The number of hydrogen-bond acceptors (Lipinski definition) is 5. The summed E-state index contributed by atoms with van der Waals surface area (Å²) in [5, 5.41) is 3.32. The molecule has 0 saturated carbocycles. The Labute approximate surface area is 174 Å². The van der Waals surface area contributed by atoms with E-state index in [0.717, 1.165) is 5.56 Å². The maximum absolute atomic E-state index is 12.8. The molecular formula is C21H23ClN2O5. The van der Waals surface area contributed by atoms with Crippen LogP contribution >= 0.6 is 11.6 Å². The van der Waals surface area contributed by atoms with Gasteiger partial charge in [0.05, 0.1) is 43.6 Å². The molecule has 1 atom stereocenters. The molecule has 1 N–H and O–H groups in total. The quantitative estimate of drug-likeness (QED) is 0.774. The van der Waals surface area contributed by atoms with Crippen molar-refractivity contribution in [3.8, 4) is 17.2 Å². The van der Waals surface area contributed by atoms with Gasteiger partial charge in [0.15, 0.2) is 11.5 Å². The largest absolute Gasteiger partial charge is 0.493 e. The van der Waals surface area contributed by atoms with Crippen molar-refractivity contribution in [1.82, 2.24) is 0 Å². The van der Waals surface area contributed by atoms with E-state index in [1.54, 1.807) is 23.1 Å². The summed E-state index contributed by atoms with van der Waals surface area (Å²) in [6.45, 7) is 2.11. The maximum Gasteiger partial charge on any atom is 0.229 e. The van der Waals surface area contributed by atoms with Crippen molar-refractivity contribution in [3.63, 3.8) is 0 Å². The monoisotopic (exact) mass is 418 g/mol. The van der Waals surface area contributed by atoms with Crippen LogP contribution in [0.2, 0.25) is 5.02 Å². The minimum atomic E-state index is -0.503. The molecule has 1 unspecified atom stereocenters. The summed E-state index contributed by atoms with van der Waals surface area (Å²) >= 11 is 6.20. The number of anilines is 2. The third kappa shape index (κ3) is 4.10. The van der Waals surface area contributed by atoms with Crippen molar-refractivity contribution in [3.05, 3.63) is 40.9 Å². The molecule has 8 heteroatoms. The predicted molar refractivity (Wildman–Crippen MR) is 111 cm³/mol. The van der Waals surface area contributed by atoms with E-state index in [-0.39, 0.29) is 24.8 Å². The number of amides is 2. The van der Waals surface area contributed by atoms with Gasteiger partial charge in [0.2, 0.25) is 17.6 Å². The molecule has 3 rings (SSSR count). The van der Waals surface area contributed by atoms with Gasteiger partial charge in [-0.2, -0.15) is 0 Å². The summed E-state index contributed by atoms with van der Waals surface area (Å²) < 4.78 is 16.0. The maximum atomic E-state index is 12.8. The third-order valence-electron chi connectivity index (χ3n) is 4.93. The van der Waals surface area contributed by atoms with Crippen LogP contribution in [0.4, 0.5) is 11.4 Å². The lowest BCUT2D eigenvalue weighted by Gasteiger charge is -2.20. The Bertz CT molecular complexity index is 901. The minimum absolute atomic E-state index is 0.103. The van der Waals surface area contributed by atoms with Crippen molar-refractivity contribution in [2.24, 2.45) is 5.92 Å². The van der Waals surface area contributed by atoms with Crippen molar-refractivity contribution in [1.29, 1.82) is 0 Å². The van der Waals surface area contributed by atoms with Gasteiger partial charge in [-0.05, 0) is 18.6 Å². The molecule has 1 aliphatic heterocycles. The lowest BCUT2D eigenvalue weighted by molar-refractivity contribution is -0.122. The van der Waals surface area contributed by atoms with Crippen LogP contribution in [0.1, 0.15) is 12.0 Å². The average Bonchev–Trinajstić information content (AvgIpc) is 3.11. The van der Waals surface area contributed by atoms with Crippen LogP contribution < -0.4 is 24.4 Å². The van der Waals surface area contributed by atoms with Crippen molar-refractivity contribution in [2.45, 2.75) is 13.3 Å². The molecular weight excluding hydrogens is 396 g/mol. The zero-order valence-electron chi connectivity index (χ0n) is 16.7. The number of carbonyl (C=O) groups is 2. The van der Waals surface area contributed by atoms with Crippen LogP contribution in [0, 0.1) is 12.8 Å². The number of benzene rings is 2. The summed E-state index contributed by atoms with van der Waals surface area (Å²) in [7, 11) is 4.53. The van der Waals surface area contributed by atoms with Gasteiger partial charge in [0, 0.05) is 25.1 Å². The molecule has 1 heterocycles. The molecule has 7 nitrogen and oxygen atoms in total. The zero-order valence-corrected chi connectivity index (χ0v) is 17.5. The number of carbonyl (C=O) groups excluding carboxylic acids is 2. The van der Waals surface area contributed by atoms with Crippen LogP contribution in [-0.2, 0) is 9.59 Å². The fourth-order valence-corrected chi connectivity index (χ4v) is 3.64. The number of ether oxygens (including phenoxy) is 3. The Balaban J connectivity index is 1.82. The Kier molecular flexibility index (Phi) is 6.17. The molecule has 154 valence electrons. The molecule has 0 aliphatic carbocycles. The second-order valence-electron chi connectivity index (χ2n) is 6.71. The molecule has 0 bridgehead atoms. The Morgan fingerprint density at radius 3 is 2.34 bits per heavy atom. The number of hydrogen-bond donors (Lipinski definition) is 1. The van der Waals surface area contributed by atoms with Gasteiger partial charge in [-0.3, -0.25) is 9.59 Å². The summed E-state index contributed by atoms with van der Waals surface area (Å²) in [6.07, 6.45) is 0.103. The number of halogens is 1. The molecule has 0 aromatic heterocycles. The number of nitrogens with one attached hydrogen (secondary N) is 1. The van der Waals surface area contributed by atoms with Crippen molar-refractivity contribution >= 4 is 34.8 Å². The molecule has 1 fully saturated rings. The predicted octanol–water partition coefficient (Wildman–Crippen LogP) is 3.67. The van der Waals surface area contributed by atoms with Gasteiger partial charge >= 0.3 is 0 Å². The third-order valence-corrected chi connectivity index (χ3v) is 5.24. The van der Waals surface area contributed by atoms with Crippen LogP contribution in [-0.4, -0.2) is 39.7 Å². The first kappa shape index (κ1) is 20.8. The van der Waals surface area contributed by atoms with E-state index in [0.29, 0.717) is 33.6 Å². The topological polar surface area (TPSA) is 77.1 Å². The Hall–Kier alpha value is -2.93. The van der Waals surface area contributed by atoms with Crippen molar-refractivity contribution in [2.75, 3.05) is 38.1 Å². The molecule has 29 heavy (non-hydrogen) atoms. The van der Waals surface area contributed by atoms with E-state index in [2.05, 4.69) is 5.32 Å². The fraction of sp³-hybridized carbons (Fsp3) is 0.333. The van der Waals surface area contributed by atoms with E-state index >= 15 is 0 Å². The first-order valence-corrected chi connectivity index (χ1v) is 9.43. The number of aryl methyl sites for hydroxylation is 1. The zero-order chi connectivity index (χ0) is 21.1. The Morgan fingerprint density at radius 2 is 1.79 bits per heavy atom. The second kappa shape index (κ2) is 8.61. The average molecular weight is 419 g/mol. The number of para-hydroxylation sites is 1. The smallest absolute Gasteiger partial charge is 0.229 e. The molecule has 0 radical (unpaired) electrons. The summed E-state index contributed by atoms with van der Waals surface area (Å²) in [4.78, 5) is 27.0. The highest BCUT2D eigenvalue weighted by Gasteiger charge is 2.36. The summed E-state index contributed by atoms with van der Waals surface area (Å²) in [6, 6.07) is 8.78. The molecule has 1 saturated heterocycles. The van der Waals surface area contributed by atoms with E-state index in [1.165, 1.54) is 21.3 Å². The van der Waals surface area contributed by atoms with Gasteiger partial charge in [-0.25, -0.2) is 0 Å². The van der Waals surface area contributed by atoms with Crippen LogP contribution in [0.15, 0.2) is 30.3 Å². The van der Waals surface area contributed by atoms with E-state index < -0.39 is 5.92 Å². The summed E-state index contributed by atoms with van der Waals surface area (Å²) in [5.74, 6) is 0.412. The van der Waals surface area contributed by atoms with Gasteiger partial charge in [-0.15, -0.1) is 0 Å². The highest BCUT2D eigenvalue weighted by atomic mass is 35.5. The molecule has 2 amide bonds. The summed E-state index contributed by atoms with van der Waals surface area (Å²) in [5.41, 5.74) is 2.00. The second-order valence-corrected chi connectivity index (χ2v) is 7.12. The minimum Gasteiger partial charge on any atom is -0.493 e. The number of rotatable bonds is 6. The van der Waals surface area contributed by atoms with Gasteiger partial charge < -0.3 is 24.4 Å². The molecule has 1 aliphatic rings. The van der Waals surface area contributed by atoms with Crippen LogP contribution in [0.25, 0.3) is 0 Å². The molecule has 2 aromatic carbocycles. The van der Waals surface area contributed by atoms with E-state index in [9.17, 15) is 9.59 Å². The van der Waals surface area contributed by atoms with Crippen LogP contribution in [0.3, 0.4) is 0 Å². The van der Waals surface area contributed by atoms with Gasteiger partial charge in [-0.1, -0.05) is 23.7 Å². The standard InChI is InChI=1S/C21H23ClN2O5/c1-12-6-5-7-15(22)19(12)23-21(26)13-8-18(25)24(11-13)14-9-16(27-2)20(29-4)17(10-14)28-3/h5-7,9-10,13H,8,11H2,1-4H3,(H,23,26). The normalized spacial score (nSPS) is 16.0. The van der Waals surface area contributed by atoms with Gasteiger partial charge in [0.25, 0.3) is 0 Å². The fourth-order valence-electron chi connectivity index (χ4n) is 3.37. The lowest BCUT2D eigenvalue weighted by Crippen LogP contribution is -2.28. The Morgan fingerprint density at radius 1 is 1.14 bits per heavy atom. The number of methoxy groups -OCH3 is 3. The van der Waals surface area contributed by atoms with Crippen molar-refractivity contribution < 1.29 is 23.8 Å². The molecule has 0 spiro atoms. The SMILES string of the molecule is COc1cc(N2CC(C(=O)Nc3c(C)cccc3Cl)CC2=O)cc(OC)c1OC. The first-order valence-electron chi connectivity index (χ1n) is 9.06.